The molecule has 0 radical (unpaired) electrons. The largest absolute Gasteiger partial charge is 0.489 e. The molecule has 2 rings (SSSR count). The zero-order chi connectivity index (χ0) is 19.5. The summed E-state index contributed by atoms with van der Waals surface area (Å²) in [7, 11) is 0. The molecule has 0 saturated heterocycles. The van der Waals surface area contributed by atoms with E-state index in [9.17, 15) is 0 Å². The van der Waals surface area contributed by atoms with E-state index in [0.717, 1.165) is 24.1 Å². The molecule has 1 aromatic carbocycles. The molecule has 150 valence electrons. The number of fused-ring (bicyclic) bond motifs is 1. The van der Waals surface area contributed by atoms with Gasteiger partial charge in [-0.25, -0.2) is 4.98 Å². The zero-order valence-corrected chi connectivity index (χ0v) is 17.5. The number of unbranched alkanes of at least 4 members (excludes halogenated alkanes) is 8. The number of aryl methyl sites for hydroxylation is 2. The van der Waals surface area contributed by atoms with Gasteiger partial charge in [0.25, 0.3) is 0 Å². The fourth-order valence-corrected chi connectivity index (χ4v) is 3.52. The van der Waals surface area contributed by atoms with Crippen LogP contribution in [0.4, 0.5) is 0 Å². The summed E-state index contributed by atoms with van der Waals surface area (Å²) in [6, 6.07) is 8.54. The number of benzene rings is 1. The van der Waals surface area contributed by atoms with E-state index in [4.69, 9.17) is 14.8 Å². The van der Waals surface area contributed by atoms with Crippen LogP contribution in [0.25, 0.3) is 10.9 Å². The first kappa shape index (κ1) is 21.7. The van der Waals surface area contributed by atoms with Crippen molar-refractivity contribution in [1.82, 2.24) is 4.98 Å². The number of hydrogen-bond acceptors (Lipinski definition) is 3. The third-order valence-electron chi connectivity index (χ3n) is 5.05. The van der Waals surface area contributed by atoms with E-state index in [0.29, 0.717) is 6.61 Å². The molecule has 1 heterocycles. The summed E-state index contributed by atoms with van der Waals surface area (Å²) in [5.41, 5.74) is 3.42. The van der Waals surface area contributed by atoms with E-state index in [-0.39, 0.29) is 6.10 Å². The Morgan fingerprint density at radius 2 is 1.48 bits per heavy atom. The lowest BCUT2D eigenvalue weighted by atomic mass is 10.0. The molecule has 0 aliphatic heterocycles. The lowest BCUT2D eigenvalue weighted by Gasteiger charge is -2.14. The van der Waals surface area contributed by atoms with Crippen LogP contribution in [0, 0.1) is 6.92 Å². The minimum Gasteiger partial charge on any atom is -0.489 e. The van der Waals surface area contributed by atoms with Gasteiger partial charge in [0.15, 0.2) is 0 Å². The summed E-state index contributed by atoms with van der Waals surface area (Å²) in [4.78, 5) is 4.92. The van der Waals surface area contributed by atoms with Crippen LogP contribution >= 0.6 is 0 Å². The first-order chi connectivity index (χ1) is 13.1. The van der Waals surface area contributed by atoms with Crippen molar-refractivity contribution in [3.8, 4) is 5.75 Å². The lowest BCUT2D eigenvalue weighted by molar-refractivity contribution is 0.245. The summed E-state index contributed by atoms with van der Waals surface area (Å²) in [5, 5.41) is 9.97. The van der Waals surface area contributed by atoms with Gasteiger partial charge in [0.05, 0.1) is 6.10 Å². The molecule has 0 bridgehead atoms. The van der Waals surface area contributed by atoms with Crippen LogP contribution in [0.5, 0.6) is 5.75 Å². The molecule has 27 heavy (non-hydrogen) atoms. The van der Waals surface area contributed by atoms with Crippen LogP contribution in [0.1, 0.15) is 82.9 Å². The Bertz CT molecular complexity index is 681. The smallest absolute Gasteiger partial charge is 0.145 e. The minimum atomic E-state index is 0.157. The van der Waals surface area contributed by atoms with Gasteiger partial charge in [-0.15, -0.1) is 0 Å². The molecule has 0 aliphatic rings. The van der Waals surface area contributed by atoms with Crippen LogP contribution in [0.3, 0.4) is 0 Å². The van der Waals surface area contributed by atoms with Gasteiger partial charge in [-0.2, -0.15) is 0 Å². The normalized spacial score (nSPS) is 11.4. The Balaban J connectivity index is 1.78. The monoisotopic (exact) mass is 371 g/mol. The predicted molar refractivity (Wildman–Crippen MR) is 115 cm³/mol. The van der Waals surface area contributed by atoms with Gasteiger partial charge in [-0.1, -0.05) is 57.1 Å². The molecule has 0 unspecified atom stereocenters. The summed E-state index contributed by atoms with van der Waals surface area (Å²) < 4.78 is 5.97. The molecule has 0 spiro atoms. The molecule has 0 amide bonds. The average molecular weight is 372 g/mol. The minimum absolute atomic E-state index is 0.157. The molecule has 0 aliphatic carbocycles. The SMILES string of the molecule is Cc1ccc(OC(C)C)c2nc(CCCCCCCCCCCO)ccc12. The lowest BCUT2D eigenvalue weighted by Crippen LogP contribution is -2.06. The van der Waals surface area contributed by atoms with Crippen LogP contribution in [0.2, 0.25) is 0 Å². The van der Waals surface area contributed by atoms with Crippen molar-refractivity contribution >= 4 is 10.9 Å². The number of aromatic nitrogens is 1. The van der Waals surface area contributed by atoms with Gasteiger partial charge in [0.1, 0.15) is 11.3 Å². The number of rotatable bonds is 13. The van der Waals surface area contributed by atoms with Gasteiger partial charge < -0.3 is 9.84 Å². The topological polar surface area (TPSA) is 42.4 Å². The van der Waals surface area contributed by atoms with E-state index >= 15 is 0 Å². The Morgan fingerprint density at radius 1 is 0.852 bits per heavy atom. The predicted octanol–water partition coefficient (Wildman–Crippen LogP) is 6.38. The van der Waals surface area contributed by atoms with E-state index in [1.54, 1.807) is 0 Å². The standard InChI is InChI=1S/C24H37NO2/c1-19(2)27-23-17-14-20(3)22-16-15-21(25-24(22)23)13-11-9-7-5-4-6-8-10-12-18-26/h14-17,19,26H,4-13,18H2,1-3H3. The van der Waals surface area contributed by atoms with Crippen molar-refractivity contribution < 1.29 is 9.84 Å². The molecular weight excluding hydrogens is 334 g/mol. The summed E-state index contributed by atoms with van der Waals surface area (Å²) in [5.74, 6) is 0.897. The van der Waals surface area contributed by atoms with Crippen LogP contribution in [-0.2, 0) is 6.42 Å². The number of aliphatic hydroxyl groups is 1. The maximum Gasteiger partial charge on any atom is 0.145 e. The van der Waals surface area contributed by atoms with E-state index in [1.165, 1.54) is 68.0 Å². The maximum atomic E-state index is 8.77. The molecule has 3 nitrogen and oxygen atoms in total. The summed E-state index contributed by atoms with van der Waals surface area (Å²) in [6.45, 7) is 6.59. The van der Waals surface area contributed by atoms with Crippen molar-refractivity contribution in [2.75, 3.05) is 6.61 Å². The Labute approximate surface area is 165 Å². The molecule has 3 heteroatoms. The molecule has 1 N–H and O–H groups in total. The van der Waals surface area contributed by atoms with Crippen molar-refractivity contribution in [3.05, 3.63) is 35.5 Å². The zero-order valence-electron chi connectivity index (χ0n) is 17.5. The fourth-order valence-electron chi connectivity index (χ4n) is 3.52. The van der Waals surface area contributed by atoms with E-state index in [2.05, 4.69) is 45.0 Å². The average Bonchev–Trinajstić information content (AvgIpc) is 2.65. The molecule has 1 aromatic heterocycles. The van der Waals surface area contributed by atoms with Gasteiger partial charge in [-0.05, 0) is 57.7 Å². The van der Waals surface area contributed by atoms with Gasteiger partial charge in [-0.3, -0.25) is 0 Å². The van der Waals surface area contributed by atoms with Crippen molar-refractivity contribution in [2.24, 2.45) is 0 Å². The number of hydrogen-bond donors (Lipinski definition) is 1. The summed E-state index contributed by atoms with van der Waals surface area (Å²) >= 11 is 0. The highest BCUT2D eigenvalue weighted by molar-refractivity contribution is 5.87. The quantitative estimate of drug-likeness (QED) is 0.416. The number of ether oxygens (including phenoxy) is 1. The Morgan fingerprint density at radius 3 is 2.11 bits per heavy atom. The molecular formula is C24H37NO2. The number of aliphatic hydroxyl groups excluding tert-OH is 1. The highest BCUT2D eigenvalue weighted by atomic mass is 16.5. The third-order valence-corrected chi connectivity index (χ3v) is 5.05. The number of nitrogens with zero attached hydrogens (tertiary/aromatic N) is 1. The first-order valence-corrected chi connectivity index (χ1v) is 10.8. The highest BCUT2D eigenvalue weighted by Gasteiger charge is 2.09. The van der Waals surface area contributed by atoms with Gasteiger partial charge in [0, 0.05) is 17.7 Å². The second-order valence-corrected chi connectivity index (χ2v) is 7.90. The first-order valence-electron chi connectivity index (χ1n) is 10.8. The Hall–Kier alpha value is -1.61. The highest BCUT2D eigenvalue weighted by Crippen LogP contribution is 2.28. The van der Waals surface area contributed by atoms with Crippen molar-refractivity contribution in [3.63, 3.8) is 0 Å². The van der Waals surface area contributed by atoms with Crippen molar-refractivity contribution in [2.45, 2.75) is 91.1 Å². The fraction of sp³-hybridized carbons (Fsp3) is 0.625. The maximum absolute atomic E-state index is 8.77. The van der Waals surface area contributed by atoms with Gasteiger partial charge >= 0.3 is 0 Å². The Kier molecular flexibility index (Phi) is 9.61. The molecule has 2 aromatic rings. The van der Waals surface area contributed by atoms with E-state index in [1.807, 2.05) is 0 Å². The van der Waals surface area contributed by atoms with Crippen LogP contribution in [0.15, 0.2) is 24.3 Å². The number of pyridine rings is 1. The molecule has 0 saturated carbocycles. The van der Waals surface area contributed by atoms with Gasteiger partial charge in [0.2, 0.25) is 0 Å². The van der Waals surface area contributed by atoms with Crippen molar-refractivity contribution in [1.29, 1.82) is 0 Å². The molecule has 0 fully saturated rings. The molecule has 0 atom stereocenters. The third kappa shape index (κ3) is 7.50. The second kappa shape index (κ2) is 12.0. The second-order valence-electron chi connectivity index (χ2n) is 7.90. The van der Waals surface area contributed by atoms with Crippen LogP contribution < -0.4 is 4.74 Å². The summed E-state index contributed by atoms with van der Waals surface area (Å²) in [6.07, 6.45) is 12.4. The van der Waals surface area contributed by atoms with E-state index < -0.39 is 0 Å². The van der Waals surface area contributed by atoms with Crippen LogP contribution in [-0.4, -0.2) is 22.8 Å².